The second kappa shape index (κ2) is 7.98. The summed E-state index contributed by atoms with van der Waals surface area (Å²) in [5.74, 6) is 0.421. The van der Waals surface area contributed by atoms with Crippen molar-refractivity contribution in [2.75, 3.05) is 19.8 Å². The van der Waals surface area contributed by atoms with Crippen molar-refractivity contribution in [1.82, 2.24) is 4.90 Å². The maximum Gasteiger partial charge on any atom is 0.403 e. The molecule has 4 atom stereocenters. The summed E-state index contributed by atoms with van der Waals surface area (Å²) in [6.45, 7) is 2.70. The largest absolute Gasteiger partial charge is 0.403 e. The molecule has 0 aromatic carbocycles. The fourth-order valence-electron chi connectivity index (χ4n) is 2.10. The van der Waals surface area contributed by atoms with E-state index in [-0.39, 0.29) is 13.2 Å². The molecule has 2 aliphatic rings. The summed E-state index contributed by atoms with van der Waals surface area (Å²) >= 11 is 5.02. The molecular formula is C12H20N4O6PS+. The van der Waals surface area contributed by atoms with Crippen LogP contribution in [0.25, 0.3) is 0 Å². The number of amidine groups is 1. The first-order valence-corrected chi connectivity index (χ1v) is 9.52. The van der Waals surface area contributed by atoms with E-state index in [0.29, 0.717) is 10.8 Å². The molecule has 24 heavy (non-hydrogen) atoms. The zero-order valence-corrected chi connectivity index (χ0v) is 14.8. The number of hydrogen-bond donors (Lipinski definition) is 4. The molecule has 12 heteroatoms. The van der Waals surface area contributed by atoms with Gasteiger partial charge < -0.3 is 14.9 Å². The number of aliphatic imine (C=N–C) groups is 3. The lowest BCUT2D eigenvalue weighted by Crippen LogP contribution is -2.43. The van der Waals surface area contributed by atoms with Crippen LogP contribution in [0.15, 0.2) is 15.0 Å². The zero-order chi connectivity index (χ0) is 17.9. The Bertz CT molecular complexity index is 566. The third-order valence-electron chi connectivity index (χ3n) is 3.22. The molecule has 0 amide bonds. The predicted octanol–water partition coefficient (Wildman–Crippen LogP) is -1.06. The van der Waals surface area contributed by atoms with E-state index >= 15 is 0 Å². The maximum absolute atomic E-state index is 10.2. The minimum absolute atomic E-state index is 0.183. The van der Waals surface area contributed by atoms with Crippen LogP contribution < -0.4 is 0 Å². The maximum atomic E-state index is 10.2. The van der Waals surface area contributed by atoms with Gasteiger partial charge in [0, 0.05) is 0 Å². The Balaban J connectivity index is 2.10. The van der Waals surface area contributed by atoms with Gasteiger partial charge in [-0.1, -0.05) is 12.2 Å². The summed E-state index contributed by atoms with van der Waals surface area (Å²) in [6.07, 6.45) is -1.72. The van der Waals surface area contributed by atoms with Crippen LogP contribution in [0.2, 0.25) is 0 Å². The highest BCUT2D eigenvalue weighted by molar-refractivity contribution is 7.80. The van der Waals surface area contributed by atoms with Crippen molar-refractivity contribution in [3.8, 4) is 0 Å². The molecule has 2 rings (SSSR count). The van der Waals surface area contributed by atoms with Gasteiger partial charge in [-0.3, -0.25) is 9.89 Å². The molecule has 0 radical (unpaired) electrons. The SMILES string of the molecule is CC1=NC(=S)CN=CN([C@@H]2O[C@H](CO[P+](C)(O)O)[C@H](O)C2O)C=N1. The van der Waals surface area contributed by atoms with Gasteiger partial charge in [-0.2, -0.15) is 14.3 Å². The van der Waals surface area contributed by atoms with E-state index in [1.165, 1.54) is 17.6 Å². The van der Waals surface area contributed by atoms with Crippen molar-refractivity contribution < 1.29 is 29.3 Å². The second-order valence-corrected chi connectivity index (χ2v) is 7.78. The van der Waals surface area contributed by atoms with Gasteiger partial charge in [-0.25, -0.2) is 9.98 Å². The van der Waals surface area contributed by atoms with Gasteiger partial charge in [0.15, 0.2) is 6.23 Å². The summed E-state index contributed by atoms with van der Waals surface area (Å²) < 4.78 is 10.4. The van der Waals surface area contributed by atoms with Gasteiger partial charge in [0.1, 0.15) is 48.7 Å². The van der Waals surface area contributed by atoms with Crippen molar-refractivity contribution in [2.45, 2.75) is 31.5 Å². The molecule has 1 unspecified atom stereocenters. The number of thiocarbonyl (C=S) groups is 1. The van der Waals surface area contributed by atoms with Crippen LogP contribution in [-0.4, -0.2) is 92.8 Å². The van der Waals surface area contributed by atoms with Crippen molar-refractivity contribution in [2.24, 2.45) is 15.0 Å². The number of rotatable bonds is 4. The molecule has 0 saturated carbocycles. The third kappa shape index (κ3) is 5.30. The Labute approximate surface area is 144 Å². The number of nitrogens with zero attached hydrogens (tertiary/aromatic N) is 4. The summed E-state index contributed by atoms with van der Waals surface area (Å²) in [4.78, 5) is 32.5. The molecule has 10 nitrogen and oxygen atoms in total. The lowest BCUT2D eigenvalue weighted by atomic mass is 10.1. The highest BCUT2D eigenvalue weighted by Gasteiger charge is 2.46. The van der Waals surface area contributed by atoms with Crippen LogP contribution in [0.4, 0.5) is 0 Å². The van der Waals surface area contributed by atoms with E-state index in [9.17, 15) is 20.0 Å². The highest BCUT2D eigenvalue weighted by atomic mass is 32.1. The normalized spacial score (nSPS) is 31.7. The first-order valence-electron chi connectivity index (χ1n) is 7.05. The van der Waals surface area contributed by atoms with E-state index in [0.717, 1.165) is 6.66 Å². The van der Waals surface area contributed by atoms with E-state index in [1.54, 1.807) is 6.92 Å². The molecule has 0 aromatic heterocycles. The topological polar surface area (TPSA) is 140 Å². The molecule has 1 saturated heterocycles. The van der Waals surface area contributed by atoms with Crippen molar-refractivity contribution in [1.29, 1.82) is 0 Å². The van der Waals surface area contributed by atoms with Gasteiger partial charge >= 0.3 is 7.94 Å². The summed E-state index contributed by atoms with van der Waals surface area (Å²) in [7, 11) is -3.47. The lowest BCUT2D eigenvalue weighted by molar-refractivity contribution is -0.0485. The minimum atomic E-state index is -3.47. The number of ether oxygens (including phenoxy) is 1. The van der Waals surface area contributed by atoms with Crippen molar-refractivity contribution in [3.05, 3.63) is 0 Å². The predicted molar refractivity (Wildman–Crippen MR) is 93.3 cm³/mol. The second-order valence-electron chi connectivity index (χ2n) is 5.38. The van der Waals surface area contributed by atoms with E-state index in [4.69, 9.17) is 21.5 Å². The lowest BCUT2D eigenvalue weighted by Gasteiger charge is -2.24. The van der Waals surface area contributed by atoms with Crippen LogP contribution in [0, 0.1) is 0 Å². The fourth-order valence-corrected chi connectivity index (χ4v) is 2.73. The van der Waals surface area contributed by atoms with Gasteiger partial charge in [0.05, 0.1) is 12.9 Å². The van der Waals surface area contributed by atoms with E-state index in [1.807, 2.05) is 0 Å². The molecule has 1 fully saturated rings. The average Bonchev–Trinajstić information content (AvgIpc) is 2.79. The first-order chi connectivity index (χ1) is 11.2. The summed E-state index contributed by atoms with van der Waals surface area (Å²) in [6, 6.07) is 0. The third-order valence-corrected chi connectivity index (χ3v) is 4.08. The quantitative estimate of drug-likeness (QED) is 0.358. The van der Waals surface area contributed by atoms with Crippen LogP contribution >= 0.6 is 20.2 Å². The van der Waals surface area contributed by atoms with Gasteiger partial charge in [0.25, 0.3) is 0 Å². The Kier molecular flexibility index (Phi) is 6.46. The molecule has 0 aromatic rings. The molecular weight excluding hydrogens is 359 g/mol. The highest BCUT2D eigenvalue weighted by Crippen LogP contribution is 2.46. The van der Waals surface area contributed by atoms with Crippen LogP contribution in [0.5, 0.6) is 0 Å². The van der Waals surface area contributed by atoms with Crippen LogP contribution in [0.1, 0.15) is 6.92 Å². The standard InChI is InChI=1S/C12H20N4O6PS/c1-7-14-6-16(5-13-3-9(24)15-7)12-11(18)10(17)8(22-12)4-21-23(2,19)20/h5-6,8,10-12,17-20H,3-4H2,1-2H3/q+1/t8-,10+,11?,12-/m1/s1. The summed E-state index contributed by atoms with van der Waals surface area (Å²) in [5.41, 5.74) is 0. The van der Waals surface area contributed by atoms with E-state index in [2.05, 4.69) is 15.0 Å². The molecule has 2 heterocycles. The molecule has 134 valence electrons. The van der Waals surface area contributed by atoms with Crippen LogP contribution in [-0.2, 0) is 9.26 Å². The molecule has 0 bridgehead atoms. The monoisotopic (exact) mass is 379 g/mol. The van der Waals surface area contributed by atoms with Crippen LogP contribution in [0.3, 0.4) is 0 Å². The molecule has 2 aliphatic heterocycles. The Morgan fingerprint density at radius 3 is 2.75 bits per heavy atom. The van der Waals surface area contributed by atoms with E-state index < -0.39 is 32.5 Å². The van der Waals surface area contributed by atoms with Gasteiger partial charge in [-0.15, -0.1) is 0 Å². The number of hydrogen-bond acceptors (Lipinski definition) is 10. The Morgan fingerprint density at radius 1 is 1.38 bits per heavy atom. The van der Waals surface area contributed by atoms with Gasteiger partial charge in [0.2, 0.25) is 0 Å². The molecule has 0 aliphatic carbocycles. The Hall–Kier alpha value is -0.910. The first kappa shape index (κ1) is 19.4. The fraction of sp³-hybridized carbons (Fsp3) is 0.667. The smallest absolute Gasteiger partial charge is 0.387 e. The number of aliphatic hydroxyl groups excluding tert-OH is 2. The van der Waals surface area contributed by atoms with Crippen molar-refractivity contribution >= 4 is 43.7 Å². The Morgan fingerprint density at radius 2 is 2.08 bits per heavy atom. The zero-order valence-electron chi connectivity index (χ0n) is 13.1. The summed E-state index contributed by atoms with van der Waals surface area (Å²) in [5, 5.41) is 20.3. The number of aliphatic hydroxyl groups is 2. The molecule has 0 spiro atoms. The van der Waals surface area contributed by atoms with Gasteiger partial charge in [-0.05, 0) is 6.92 Å². The molecule has 4 N–H and O–H groups in total. The minimum Gasteiger partial charge on any atom is -0.387 e. The average molecular weight is 379 g/mol. The van der Waals surface area contributed by atoms with Crippen molar-refractivity contribution in [3.63, 3.8) is 0 Å².